The Kier molecular flexibility index (Phi) is 3.30. The van der Waals surface area contributed by atoms with E-state index < -0.39 is 0 Å². The molecule has 0 atom stereocenters. The van der Waals surface area contributed by atoms with Crippen molar-refractivity contribution in [2.24, 2.45) is 5.41 Å². The fourth-order valence-electron chi connectivity index (χ4n) is 1.57. The largest absolute Gasteiger partial charge is 0.369 e. The minimum atomic E-state index is -0.275. The molecule has 2 rings (SSSR count). The van der Waals surface area contributed by atoms with Crippen molar-refractivity contribution in [2.75, 3.05) is 17.7 Å². The zero-order chi connectivity index (χ0) is 13.3. The van der Waals surface area contributed by atoms with Gasteiger partial charge in [0, 0.05) is 18.5 Å². The first-order valence-corrected chi connectivity index (χ1v) is 6.21. The highest BCUT2D eigenvalue weighted by Crippen LogP contribution is 2.18. The maximum Gasteiger partial charge on any atom is 0.349 e. The van der Waals surface area contributed by atoms with E-state index in [1.54, 1.807) is 13.0 Å². The van der Waals surface area contributed by atoms with Crippen LogP contribution in [0.25, 0.3) is 5.65 Å². The summed E-state index contributed by atoms with van der Waals surface area (Å²) in [4.78, 5) is 15.8. The first kappa shape index (κ1) is 12.9. The molecule has 0 spiro atoms. The molecule has 18 heavy (non-hydrogen) atoms. The molecule has 0 aliphatic carbocycles. The molecule has 0 fully saturated rings. The van der Waals surface area contributed by atoms with Gasteiger partial charge in [-0.1, -0.05) is 13.8 Å². The van der Waals surface area contributed by atoms with Crippen LogP contribution in [0.15, 0.2) is 10.9 Å². The fraction of sp³-hybridized carbons (Fsp3) is 0.545. The molecule has 0 saturated carbocycles. The van der Waals surface area contributed by atoms with Crippen LogP contribution >= 0.6 is 11.6 Å². The van der Waals surface area contributed by atoms with Gasteiger partial charge in [0.15, 0.2) is 5.65 Å². The van der Waals surface area contributed by atoms with E-state index in [1.165, 1.54) is 4.40 Å². The average Bonchev–Trinajstić information content (AvgIpc) is 2.69. The van der Waals surface area contributed by atoms with Gasteiger partial charge in [0.05, 0.1) is 0 Å². The number of rotatable bonds is 4. The van der Waals surface area contributed by atoms with Crippen molar-refractivity contribution < 1.29 is 0 Å². The van der Waals surface area contributed by atoms with Crippen LogP contribution in [0.1, 0.15) is 19.7 Å². The smallest absolute Gasteiger partial charge is 0.349 e. The number of nitrogens with one attached hydrogen (secondary N) is 2. The SMILES string of the molecule is Cc1nc(NCC(C)(C)CCl)cc2n[nH]c(=O)n12. The first-order chi connectivity index (χ1) is 8.43. The predicted molar refractivity (Wildman–Crippen MR) is 71.3 cm³/mol. The highest BCUT2D eigenvalue weighted by Gasteiger charge is 2.16. The Morgan fingerprint density at radius 2 is 2.28 bits per heavy atom. The topological polar surface area (TPSA) is 75.1 Å². The lowest BCUT2D eigenvalue weighted by molar-refractivity contribution is 0.449. The molecule has 6 nitrogen and oxygen atoms in total. The maximum atomic E-state index is 11.4. The highest BCUT2D eigenvalue weighted by molar-refractivity contribution is 6.18. The Hall–Kier alpha value is -1.56. The van der Waals surface area contributed by atoms with Gasteiger partial charge in [0.2, 0.25) is 0 Å². The Morgan fingerprint density at radius 1 is 1.56 bits per heavy atom. The zero-order valence-corrected chi connectivity index (χ0v) is 11.4. The Bertz CT molecular complexity index is 615. The molecule has 0 aliphatic heterocycles. The number of nitrogens with zero attached hydrogens (tertiary/aromatic N) is 3. The molecule has 2 aromatic rings. The molecular formula is C11H16ClN5O. The molecule has 0 radical (unpaired) electrons. The number of H-pyrrole nitrogens is 1. The molecule has 7 heteroatoms. The summed E-state index contributed by atoms with van der Waals surface area (Å²) in [7, 11) is 0. The van der Waals surface area contributed by atoms with Gasteiger partial charge in [-0.2, -0.15) is 5.10 Å². The molecule has 0 saturated heterocycles. The van der Waals surface area contributed by atoms with E-state index in [-0.39, 0.29) is 11.1 Å². The summed E-state index contributed by atoms with van der Waals surface area (Å²) in [5.74, 6) is 1.85. The fourth-order valence-corrected chi connectivity index (χ4v) is 1.66. The minimum absolute atomic E-state index is 0.0193. The highest BCUT2D eigenvalue weighted by atomic mass is 35.5. The van der Waals surface area contributed by atoms with Crippen LogP contribution in [0.5, 0.6) is 0 Å². The van der Waals surface area contributed by atoms with Crippen LogP contribution in [0.3, 0.4) is 0 Å². The molecule has 2 aromatic heterocycles. The molecule has 0 unspecified atom stereocenters. The van der Waals surface area contributed by atoms with E-state index >= 15 is 0 Å². The maximum absolute atomic E-state index is 11.4. The van der Waals surface area contributed by atoms with Crippen LogP contribution in [0.2, 0.25) is 0 Å². The lowest BCUT2D eigenvalue weighted by Gasteiger charge is -2.22. The van der Waals surface area contributed by atoms with Gasteiger partial charge in [0.25, 0.3) is 0 Å². The van der Waals surface area contributed by atoms with Gasteiger partial charge < -0.3 is 5.32 Å². The standard InChI is InChI=1S/C11H16ClN5O/c1-7-14-8(13-6-11(2,3)5-12)4-9-15-16-10(18)17(7)9/h4,13H,5-6H2,1-3H3,(H,16,18). The summed E-state index contributed by atoms with van der Waals surface area (Å²) in [5.41, 5.74) is 0.260. The molecule has 2 N–H and O–H groups in total. The third-order valence-corrected chi connectivity index (χ3v) is 3.40. The predicted octanol–water partition coefficient (Wildman–Crippen LogP) is 1.40. The number of hydrogen-bond donors (Lipinski definition) is 2. The summed E-state index contributed by atoms with van der Waals surface area (Å²) in [5, 5.41) is 9.53. The minimum Gasteiger partial charge on any atom is -0.369 e. The quantitative estimate of drug-likeness (QED) is 0.823. The van der Waals surface area contributed by atoms with E-state index in [1.807, 2.05) is 0 Å². The second-order valence-electron chi connectivity index (χ2n) is 5.06. The normalized spacial score (nSPS) is 12.0. The van der Waals surface area contributed by atoms with Gasteiger partial charge in [0.1, 0.15) is 11.6 Å². The van der Waals surface area contributed by atoms with E-state index in [0.29, 0.717) is 29.7 Å². The van der Waals surface area contributed by atoms with E-state index in [9.17, 15) is 4.79 Å². The second-order valence-corrected chi connectivity index (χ2v) is 5.33. The van der Waals surface area contributed by atoms with Crippen molar-refractivity contribution in [2.45, 2.75) is 20.8 Å². The Balaban J connectivity index is 2.28. The number of hydrogen-bond acceptors (Lipinski definition) is 4. The third-order valence-electron chi connectivity index (χ3n) is 2.68. The monoisotopic (exact) mass is 269 g/mol. The molecule has 0 bridgehead atoms. The van der Waals surface area contributed by atoms with Gasteiger partial charge in [-0.3, -0.25) is 0 Å². The summed E-state index contributed by atoms with van der Waals surface area (Å²) >= 11 is 5.87. The van der Waals surface area contributed by atoms with Gasteiger partial charge >= 0.3 is 5.69 Å². The summed E-state index contributed by atoms with van der Waals surface area (Å²) < 4.78 is 1.43. The van der Waals surface area contributed by atoms with E-state index in [4.69, 9.17) is 11.6 Å². The Morgan fingerprint density at radius 3 is 2.94 bits per heavy atom. The van der Waals surface area contributed by atoms with Crippen molar-refractivity contribution in [1.82, 2.24) is 19.6 Å². The summed E-state index contributed by atoms with van der Waals surface area (Å²) in [6.45, 7) is 6.60. The number of aromatic amines is 1. The van der Waals surface area contributed by atoms with Gasteiger partial charge in [-0.25, -0.2) is 19.3 Å². The molecule has 0 aromatic carbocycles. The van der Waals surface area contributed by atoms with Crippen molar-refractivity contribution in [3.8, 4) is 0 Å². The summed E-state index contributed by atoms with van der Waals surface area (Å²) in [6, 6.07) is 1.73. The summed E-state index contributed by atoms with van der Waals surface area (Å²) in [6.07, 6.45) is 0. The molecule has 0 aliphatic rings. The number of aryl methyl sites for hydroxylation is 1. The number of aromatic nitrogens is 4. The van der Waals surface area contributed by atoms with E-state index in [2.05, 4.69) is 34.3 Å². The number of alkyl halides is 1. The van der Waals surface area contributed by atoms with E-state index in [0.717, 1.165) is 0 Å². The average molecular weight is 270 g/mol. The van der Waals surface area contributed by atoms with Crippen molar-refractivity contribution >= 4 is 23.1 Å². The Labute approximate surface area is 109 Å². The van der Waals surface area contributed by atoms with Crippen molar-refractivity contribution in [3.05, 3.63) is 22.4 Å². The molecule has 2 heterocycles. The van der Waals surface area contributed by atoms with Crippen LogP contribution in [-0.2, 0) is 0 Å². The van der Waals surface area contributed by atoms with Gasteiger partial charge in [-0.15, -0.1) is 11.6 Å². The second kappa shape index (κ2) is 4.61. The lowest BCUT2D eigenvalue weighted by Crippen LogP contribution is -2.25. The van der Waals surface area contributed by atoms with Crippen LogP contribution in [0.4, 0.5) is 5.82 Å². The first-order valence-electron chi connectivity index (χ1n) is 5.67. The van der Waals surface area contributed by atoms with Crippen molar-refractivity contribution in [1.29, 1.82) is 0 Å². The molecular weight excluding hydrogens is 254 g/mol. The third kappa shape index (κ3) is 2.48. The lowest BCUT2D eigenvalue weighted by atomic mass is 9.97. The van der Waals surface area contributed by atoms with Gasteiger partial charge in [-0.05, 0) is 12.3 Å². The number of fused-ring (bicyclic) bond motifs is 1. The molecule has 0 amide bonds. The number of halogens is 1. The van der Waals surface area contributed by atoms with Crippen LogP contribution in [0, 0.1) is 12.3 Å². The van der Waals surface area contributed by atoms with Crippen LogP contribution < -0.4 is 11.0 Å². The molecule has 98 valence electrons. The van der Waals surface area contributed by atoms with Crippen molar-refractivity contribution in [3.63, 3.8) is 0 Å². The number of anilines is 1. The van der Waals surface area contributed by atoms with Crippen LogP contribution in [-0.4, -0.2) is 32.0 Å². The zero-order valence-electron chi connectivity index (χ0n) is 10.6.